The van der Waals surface area contributed by atoms with Gasteiger partial charge in [-0.1, -0.05) is 42.0 Å². The Balaban J connectivity index is 2.14. The van der Waals surface area contributed by atoms with Gasteiger partial charge in [-0.2, -0.15) is 0 Å². The quantitative estimate of drug-likeness (QED) is 0.899. The lowest BCUT2D eigenvalue weighted by Crippen LogP contribution is -2.08. The molecule has 2 heteroatoms. The van der Waals surface area contributed by atoms with E-state index in [1.807, 2.05) is 19.1 Å². The van der Waals surface area contributed by atoms with Gasteiger partial charge in [-0.05, 0) is 38.0 Å². The van der Waals surface area contributed by atoms with E-state index in [1.54, 1.807) is 0 Å². The third kappa shape index (κ3) is 3.58. The first kappa shape index (κ1) is 13.6. The molecule has 0 bridgehead atoms. The summed E-state index contributed by atoms with van der Waals surface area (Å²) >= 11 is 0. The third-order valence-corrected chi connectivity index (χ3v) is 3.17. The molecule has 100 valence electrons. The first-order valence-corrected chi connectivity index (χ1v) is 6.61. The maximum absolute atomic E-state index is 5.97. The van der Waals surface area contributed by atoms with E-state index in [9.17, 15) is 0 Å². The minimum absolute atomic E-state index is 0.0198. The number of hydrogen-bond acceptors (Lipinski definition) is 2. The van der Waals surface area contributed by atoms with Gasteiger partial charge in [0.25, 0.3) is 0 Å². The molecule has 0 aromatic heterocycles. The Morgan fingerprint density at radius 2 is 1.63 bits per heavy atom. The van der Waals surface area contributed by atoms with E-state index >= 15 is 0 Å². The van der Waals surface area contributed by atoms with Crippen LogP contribution in [0.5, 0.6) is 5.75 Å². The van der Waals surface area contributed by atoms with Crippen molar-refractivity contribution in [1.29, 1.82) is 0 Å². The van der Waals surface area contributed by atoms with Crippen molar-refractivity contribution in [1.82, 2.24) is 0 Å². The van der Waals surface area contributed by atoms with Gasteiger partial charge >= 0.3 is 0 Å². The molecule has 0 saturated carbocycles. The zero-order valence-corrected chi connectivity index (χ0v) is 11.8. The first-order chi connectivity index (χ1) is 9.06. The summed E-state index contributed by atoms with van der Waals surface area (Å²) in [4.78, 5) is 0. The van der Waals surface area contributed by atoms with Crippen molar-refractivity contribution < 1.29 is 4.74 Å². The summed E-state index contributed by atoms with van der Waals surface area (Å²) in [6.07, 6.45) is 0. The minimum Gasteiger partial charge on any atom is -0.489 e. The van der Waals surface area contributed by atoms with Crippen molar-refractivity contribution in [2.45, 2.75) is 33.4 Å². The van der Waals surface area contributed by atoms with Gasteiger partial charge in [-0.3, -0.25) is 0 Å². The monoisotopic (exact) mass is 255 g/mol. The zero-order chi connectivity index (χ0) is 13.8. The van der Waals surface area contributed by atoms with Gasteiger partial charge in [0.2, 0.25) is 0 Å². The van der Waals surface area contributed by atoms with Crippen LogP contribution < -0.4 is 10.5 Å². The van der Waals surface area contributed by atoms with Crippen LogP contribution in [-0.4, -0.2) is 0 Å². The predicted octanol–water partition coefficient (Wildman–Crippen LogP) is 3.90. The molecule has 0 aliphatic rings. The molecular formula is C17H21NO. The molecule has 0 heterocycles. The fraction of sp³-hybridized carbons (Fsp3) is 0.294. The Kier molecular flexibility index (Phi) is 4.23. The van der Waals surface area contributed by atoms with E-state index in [0.717, 1.165) is 11.3 Å². The van der Waals surface area contributed by atoms with Crippen LogP contribution in [0.1, 0.15) is 35.2 Å². The van der Waals surface area contributed by atoms with Crippen molar-refractivity contribution in [3.8, 4) is 5.75 Å². The summed E-state index contributed by atoms with van der Waals surface area (Å²) in [6, 6.07) is 14.5. The highest BCUT2D eigenvalue weighted by molar-refractivity contribution is 5.39. The van der Waals surface area contributed by atoms with Crippen LogP contribution in [0.25, 0.3) is 0 Å². The average molecular weight is 255 g/mol. The van der Waals surface area contributed by atoms with Crippen LogP contribution in [0.3, 0.4) is 0 Å². The second-order valence-electron chi connectivity index (χ2n) is 5.10. The molecule has 2 aromatic carbocycles. The van der Waals surface area contributed by atoms with Gasteiger partial charge in [-0.25, -0.2) is 0 Å². The minimum atomic E-state index is -0.0198. The second kappa shape index (κ2) is 5.89. The Morgan fingerprint density at radius 1 is 1.00 bits per heavy atom. The van der Waals surface area contributed by atoms with Gasteiger partial charge in [0.1, 0.15) is 12.4 Å². The molecule has 2 nitrogen and oxygen atoms in total. The largest absolute Gasteiger partial charge is 0.489 e. The average Bonchev–Trinajstić information content (AvgIpc) is 2.38. The third-order valence-electron chi connectivity index (χ3n) is 3.17. The maximum Gasteiger partial charge on any atom is 0.124 e. The fourth-order valence-electron chi connectivity index (χ4n) is 1.99. The van der Waals surface area contributed by atoms with E-state index in [4.69, 9.17) is 10.5 Å². The number of aryl methyl sites for hydroxylation is 2. The van der Waals surface area contributed by atoms with E-state index in [0.29, 0.717) is 6.61 Å². The fourth-order valence-corrected chi connectivity index (χ4v) is 1.99. The predicted molar refractivity (Wildman–Crippen MR) is 79.3 cm³/mol. The summed E-state index contributed by atoms with van der Waals surface area (Å²) in [6.45, 7) is 6.69. The first-order valence-electron chi connectivity index (χ1n) is 6.61. The molecule has 19 heavy (non-hydrogen) atoms. The Hall–Kier alpha value is -1.80. The van der Waals surface area contributed by atoms with Crippen molar-refractivity contribution >= 4 is 0 Å². The highest BCUT2D eigenvalue weighted by Gasteiger charge is 2.08. The molecular weight excluding hydrogens is 234 g/mol. The van der Waals surface area contributed by atoms with E-state index in [2.05, 4.69) is 44.2 Å². The Labute approximate surface area is 115 Å². The van der Waals surface area contributed by atoms with Crippen LogP contribution in [0.15, 0.2) is 42.5 Å². The number of benzene rings is 2. The number of ether oxygens (including phenoxy) is 1. The van der Waals surface area contributed by atoms with Crippen molar-refractivity contribution in [3.05, 3.63) is 64.7 Å². The van der Waals surface area contributed by atoms with Gasteiger partial charge in [0, 0.05) is 11.6 Å². The van der Waals surface area contributed by atoms with Crippen molar-refractivity contribution in [2.75, 3.05) is 0 Å². The van der Waals surface area contributed by atoms with Crippen LogP contribution in [0.2, 0.25) is 0 Å². The highest BCUT2D eigenvalue weighted by atomic mass is 16.5. The molecule has 0 saturated heterocycles. The molecule has 0 radical (unpaired) electrons. The van der Waals surface area contributed by atoms with Crippen molar-refractivity contribution in [2.24, 2.45) is 5.73 Å². The Morgan fingerprint density at radius 3 is 2.26 bits per heavy atom. The summed E-state index contributed by atoms with van der Waals surface area (Å²) in [5.74, 6) is 0.885. The number of rotatable bonds is 4. The van der Waals surface area contributed by atoms with E-state index in [1.165, 1.54) is 16.7 Å². The zero-order valence-electron chi connectivity index (χ0n) is 11.8. The molecule has 0 amide bonds. The molecule has 2 N–H and O–H groups in total. The normalized spacial score (nSPS) is 12.2. The van der Waals surface area contributed by atoms with E-state index < -0.39 is 0 Å². The smallest absolute Gasteiger partial charge is 0.124 e. The van der Waals surface area contributed by atoms with Gasteiger partial charge in [0.15, 0.2) is 0 Å². The molecule has 0 unspecified atom stereocenters. The summed E-state index contributed by atoms with van der Waals surface area (Å²) in [5, 5.41) is 0. The van der Waals surface area contributed by atoms with Crippen LogP contribution in [0, 0.1) is 13.8 Å². The van der Waals surface area contributed by atoms with Crippen molar-refractivity contribution in [3.63, 3.8) is 0 Å². The molecule has 0 aliphatic carbocycles. The summed E-state index contributed by atoms with van der Waals surface area (Å²) in [5.41, 5.74) is 10.6. The lowest BCUT2D eigenvalue weighted by Gasteiger charge is -2.15. The van der Waals surface area contributed by atoms with Gasteiger partial charge in [0.05, 0.1) is 0 Å². The molecule has 1 atom stereocenters. The molecule has 2 rings (SSSR count). The highest BCUT2D eigenvalue weighted by Crippen LogP contribution is 2.26. The molecule has 2 aromatic rings. The topological polar surface area (TPSA) is 35.2 Å². The lowest BCUT2D eigenvalue weighted by molar-refractivity contribution is 0.301. The molecule has 0 spiro atoms. The van der Waals surface area contributed by atoms with E-state index in [-0.39, 0.29) is 6.04 Å². The maximum atomic E-state index is 5.97. The summed E-state index contributed by atoms with van der Waals surface area (Å²) < 4.78 is 5.93. The van der Waals surface area contributed by atoms with Crippen LogP contribution in [0.4, 0.5) is 0 Å². The summed E-state index contributed by atoms with van der Waals surface area (Å²) in [7, 11) is 0. The van der Waals surface area contributed by atoms with Crippen LogP contribution >= 0.6 is 0 Å². The van der Waals surface area contributed by atoms with Crippen LogP contribution in [-0.2, 0) is 6.61 Å². The van der Waals surface area contributed by atoms with Gasteiger partial charge in [-0.15, -0.1) is 0 Å². The standard InChI is InChI=1S/C17H21NO/c1-12-4-7-15(8-5-12)11-19-17-10-13(2)6-9-16(17)14(3)18/h4-10,14H,11,18H2,1-3H3/t14-/m1/s1. The second-order valence-corrected chi connectivity index (χ2v) is 5.10. The lowest BCUT2D eigenvalue weighted by atomic mass is 10.1. The number of hydrogen-bond donors (Lipinski definition) is 1. The Bertz CT molecular complexity index is 544. The van der Waals surface area contributed by atoms with Gasteiger partial charge < -0.3 is 10.5 Å². The molecule has 0 aliphatic heterocycles. The molecule has 0 fully saturated rings. The number of nitrogens with two attached hydrogens (primary N) is 1. The SMILES string of the molecule is Cc1ccc(COc2cc(C)ccc2[C@@H](C)N)cc1.